The number of amides is 2. The molecule has 1 aliphatic rings. The predicted octanol–water partition coefficient (Wildman–Crippen LogP) is 6.43. The van der Waals surface area contributed by atoms with Gasteiger partial charge in [-0.2, -0.15) is 5.26 Å². The van der Waals surface area contributed by atoms with Crippen molar-refractivity contribution >= 4 is 45.8 Å². The maximum atomic E-state index is 13.0. The first kappa shape index (κ1) is 28.1. The lowest BCUT2D eigenvalue weighted by atomic mass is 9.95. The van der Waals surface area contributed by atoms with Crippen LogP contribution in [0.1, 0.15) is 48.0 Å². The van der Waals surface area contributed by atoms with Crippen LogP contribution in [0.5, 0.6) is 0 Å². The molecule has 0 radical (unpaired) electrons. The number of rotatable bonds is 8. The second-order valence-electron chi connectivity index (χ2n) is 10.2. The van der Waals surface area contributed by atoms with Gasteiger partial charge in [0.15, 0.2) is 0 Å². The van der Waals surface area contributed by atoms with Gasteiger partial charge in [-0.3, -0.25) is 9.59 Å². The number of imidazole rings is 1. The van der Waals surface area contributed by atoms with E-state index in [-0.39, 0.29) is 17.4 Å². The summed E-state index contributed by atoms with van der Waals surface area (Å²) >= 11 is 6.58. The van der Waals surface area contributed by atoms with E-state index in [1.54, 1.807) is 30.6 Å². The average molecular weight is 567 g/mol. The van der Waals surface area contributed by atoms with E-state index in [4.69, 9.17) is 11.6 Å². The highest BCUT2D eigenvalue weighted by molar-refractivity contribution is 6.34. The van der Waals surface area contributed by atoms with E-state index < -0.39 is 0 Å². The average Bonchev–Trinajstić information content (AvgIpc) is 3.34. The van der Waals surface area contributed by atoms with Crippen molar-refractivity contribution < 1.29 is 9.59 Å². The maximum Gasteiger partial charge on any atom is 0.255 e. The Balaban J connectivity index is 1.23. The Labute approximate surface area is 244 Å². The van der Waals surface area contributed by atoms with Crippen molar-refractivity contribution in [1.29, 1.82) is 5.26 Å². The van der Waals surface area contributed by atoms with Crippen LogP contribution in [0, 0.1) is 11.3 Å². The van der Waals surface area contributed by atoms with E-state index in [0.29, 0.717) is 34.5 Å². The van der Waals surface area contributed by atoms with Crippen LogP contribution in [0.15, 0.2) is 73.1 Å². The number of carbonyl (C=O) groups excluding carboxylic acids is 2. The van der Waals surface area contributed by atoms with Gasteiger partial charge in [-0.25, -0.2) is 4.98 Å². The minimum absolute atomic E-state index is 0.198. The molecule has 1 fully saturated rings. The quantitative estimate of drug-likeness (QED) is 0.213. The summed E-state index contributed by atoms with van der Waals surface area (Å²) < 4.78 is 1.90. The van der Waals surface area contributed by atoms with Gasteiger partial charge >= 0.3 is 0 Å². The van der Waals surface area contributed by atoms with Gasteiger partial charge in [-0.1, -0.05) is 49.1 Å². The fourth-order valence-corrected chi connectivity index (χ4v) is 5.37. The second-order valence-corrected chi connectivity index (χ2v) is 10.6. The van der Waals surface area contributed by atoms with Crippen LogP contribution in [0.25, 0.3) is 22.2 Å². The van der Waals surface area contributed by atoms with Crippen molar-refractivity contribution in [2.45, 2.75) is 38.1 Å². The lowest BCUT2D eigenvalue weighted by Crippen LogP contribution is -2.31. The molecular formula is C32H31ClN6O2. The SMILES string of the molecule is Cn1cnc2cc(-c3cccc(NC(=O)c4ccc(NC(=O)/C=C/CNC5CCCCC5)c(C#N)c4)c3)c(Cl)cc21. The Morgan fingerprint density at radius 2 is 1.93 bits per heavy atom. The molecule has 9 heteroatoms. The number of halogens is 1. The minimum Gasteiger partial charge on any atom is -0.334 e. The normalized spacial score (nSPS) is 13.8. The van der Waals surface area contributed by atoms with Gasteiger partial charge in [-0.05, 0) is 60.9 Å². The molecule has 0 atom stereocenters. The zero-order valence-corrected chi connectivity index (χ0v) is 23.5. The highest BCUT2D eigenvalue weighted by atomic mass is 35.5. The highest BCUT2D eigenvalue weighted by Crippen LogP contribution is 2.33. The lowest BCUT2D eigenvalue weighted by Gasteiger charge is -2.21. The van der Waals surface area contributed by atoms with Crippen LogP contribution in [-0.4, -0.2) is 34.0 Å². The van der Waals surface area contributed by atoms with E-state index in [9.17, 15) is 14.9 Å². The fraction of sp³-hybridized carbons (Fsp3) is 0.250. The number of aryl methyl sites for hydroxylation is 1. The number of fused-ring (bicyclic) bond motifs is 1. The highest BCUT2D eigenvalue weighted by Gasteiger charge is 2.14. The summed E-state index contributed by atoms with van der Waals surface area (Å²) in [6.45, 7) is 0.619. The Bertz CT molecular complexity index is 1660. The minimum atomic E-state index is -0.378. The van der Waals surface area contributed by atoms with Crippen molar-refractivity contribution in [3.05, 3.63) is 89.2 Å². The predicted molar refractivity (Wildman–Crippen MR) is 163 cm³/mol. The molecule has 0 aliphatic heterocycles. The van der Waals surface area contributed by atoms with Crippen LogP contribution in [-0.2, 0) is 11.8 Å². The number of hydrogen-bond donors (Lipinski definition) is 3. The van der Waals surface area contributed by atoms with Crippen LogP contribution >= 0.6 is 11.6 Å². The molecule has 208 valence electrons. The van der Waals surface area contributed by atoms with E-state index in [2.05, 4.69) is 27.0 Å². The first-order chi connectivity index (χ1) is 19.9. The molecule has 2 amide bonds. The number of nitrogens with one attached hydrogen (secondary N) is 3. The second kappa shape index (κ2) is 12.8. The smallest absolute Gasteiger partial charge is 0.255 e. The van der Waals surface area contributed by atoms with Crippen LogP contribution in [0.4, 0.5) is 11.4 Å². The van der Waals surface area contributed by atoms with Crippen molar-refractivity contribution in [1.82, 2.24) is 14.9 Å². The van der Waals surface area contributed by atoms with Gasteiger partial charge in [0.2, 0.25) is 5.91 Å². The zero-order chi connectivity index (χ0) is 28.8. The summed E-state index contributed by atoms with van der Waals surface area (Å²) in [6.07, 6.45) is 11.1. The molecule has 3 aromatic carbocycles. The number of benzene rings is 3. The molecule has 1 aromatic heterocycles. The summed E-state index contributed by atoms with van der Waals surface area (Å²) in [5, 5.41) is 19.3. The standard InChI is InChI=1S/C32H31ClN6O2/c1-39-20-36-29-17-26(27(33)18-30(29)39)21-7-5-10-25(16-21)37-32(41)22-12-13-28(23(15-22)19-34)38-31(40)11-6-14-35-24-8-3-2-4-9-24/h5-7,10-13,15-18,20,24,35H,2-4,8-9,14H2,1H3,(H,37,41)(H,38,40)/b11-6+. The van der Waals surface area contributed by atoms with Gasteiger partial charge in [0.25, 0.3) is 5.91 Å². The number of nitrogens with zero attached hydrogens (tertiary/aromatic N) is 3. The summed E-state index contributed by atoms with van der Waals surface area (Å²) in [5.74, 6) is -0.708. The zero-order valence-electron chi connectivity index (χ0n) is 22.8. The Kier molecular flexibility index (Phi) is 8.78. The maximum absolute atomic E-state index is 13.0. The first-order valence-electron chi connectivity index (χ1n) is 13.7. The van der Waals surface area contributed by atoms with E-state index in [1.807, 2.05) is 41.9 Å². The Hall–Kier alpha value is -4.45. The molecular weight excluding hydrogens is 536 g/mol. The summed E-state index contributed by atoms with van der Waals surface area (Å²) in [5.41, 5.74) is 4.81. The van der Waals surface area contributed by atoms with Gasteiger partial charge in [-0.15, -0.1) is 0 Å². The van der Waals surface area contributed by atoms with Gasteiger partial charge < -0.3 is 20.5 Å². The Morgan fingerprint density at radius 3 is 2.73 bits per heavy atom. The molecule has 1 aliphatic carbocycles. The molecule has 8 nitrogen and oxygen atoms in total. The van der Waals surface area contributed by atoms with E-state index >= 15 is 0 Å². The van der Waals surface area contributed by atoms with Crippen molar-refractivity contribution in [2.24, 2.45) is 7.05 Å². The molecule has 1 heterocycles. The molecule has 3 N–H and O–H groups in total. The molecule has 0 unspecified atom stereocenters. The molecule has 41 heavy (non-hydrogen) atoms. The summed E-state index contributed by atoms with van der Waals surface area (Å²) in [6, 6.07) is 18.4. The lowest BCUT2D eigenvalue weighted by molar-refractivity contribution is -0.111. The number of anilines is 2. The third kappa shape index (κ3) is 6.83. The number of carbonyl (C=O) groups is 2. The van der Waals surface area contributed by atoms with Crippen molar-refractivity contribution in [2.75, 3.05) is 17.2 Å². The van der Waals surface area contributed by atoms with Gasteiger partial charge in [0.1, 0.15) is 6.07 Å². The summed E-state index contributed by atoms with van der Waals surface area (Å²) in [7, 11) is 1.91. The third-order valence-corrected chi connectivity index (χ3v) is 7.62. The first-order valence-corrected chi connectivity index (χ1v) is 14.1. The number of aromatic nitrogens is 2. The number of nitriles is 1. The van der Waals surface area contributed by atoms with Crippen molar-refractivity contribution in [3.63, 3.8) is 0 Å². The molecule has 5 rings (SSSR count). The molecule has 4 aromatic rings. The van der Waals surface area contributed by atoms with Gasteiger partial charge in [0, 0.05) is 42.5 Å². The largest absolute Gasteiger partial charge is 0.334 e. The third-order valence-electron chi connectivity index (χ3n) is 7.30. The van der Waals surface area contributed by atoms with E-state index in [1.165, 1.54) is 44.2 Å². The molecule has 1 saturated carbocycles. The van der Waals surface area contributed by atoms with Crippen LogP contribution in [0.3, 0.4) is 0 Å². The van der Waals surface area contributed by atoms with Crippen LogP contribution in [0.2, 0.25) is 5.02 Å². The summed E-state index contributed by atoms with van der Waals surface area (Å²) in [4.78, 5) is 29.9. The van der Waals surface area contributed by atoms with Gasteiger partial charge in [0.05, 0.1) is 33.6 Å². The van der Waals surface area contributed by atoms with Crippen LogP contribution < -0.4 is 16.0 Å². The Morgan fingerprint density at radius 1 is 1.10 bits per heavy atom. The topological polar surface area (TPSA) is 112 Å². The molecule has 0 spiro atoms. The monoisotopic (exact) mass is 566 g/mol. The fourth-order valence-electron chi connectivity index (χ4n) is 5.11. The van der Waals surface area contributed by atoms with E-state index in [0.717, 1.165) is 22.2 Å². The van der Waals surface area contributed by atoms with Crippen molar-refractivity contribution in [3.8, 4) is 17.2 Å². The molecule has 0 bridgehead atoms. The number of hydrogen-bond acceptors (Lipinski definition) is 5. The molecule has 0 saturated heterocycles.